The zero-order valence-electron chi connectivity index (χ0n) is 12.7. The third-order valence-corrected chi connectivity index (χ3v) is 4.52. The van der Waals surface area contributed by atoms with Gasteiger partial charge in [0, 0.05) is 23.7 Å². The summed E-state index contributed by atoms with van der Waals surface area (Å²) >= 11 is 0. The average Bonchev–Trinajstić information content (AvgIpc) is 2.49. The minimum atomic E-state index is -0.106. The number of carbonyl (C=O) groups is 1. The van der Waals surface area contributed by atoms with Gasteiger partial charge in [0.05, 0.1) is 0 Å². The largest absolute Gasteiger partial charge is 0.317 e. The maximum absolute atomic E-state index is 12.8. The van der Waals surface area contributed by atoms with Gasteiger partial charge >= 0.3 is 0 Å². The first-order valence-electron chi connectivity index (χ1n) is 7.88. The van der Waals surface area contributed by atoms with Crippen LogP contribution in [0.4, 0.5) is 0 Å². The van der Waals surface area contributed by atoms with Crippen LogP contribution < -0.4 is 5.32 Å². The summed E-state index contributed by atoms with van der Waals surface area (Å²) in [5.74, 6) is 0.387. The third kappa shape index (κ3) is 3.45. The first-order valence-corrected chi connectivity index (χ1v) is 7.88. The fourth-order valence-corrected chi connectivity index (χ4v) is 3.17. The molecule has 0 spiro atoms. The number of ketones is 1. The molecule has 1 N–H and O–H groups in total. The summed E-state index contributed by atoms with van der Waals surface area (Å²) in [6, 6.07) is 4.10. The van der Waals surface area contributed by atoms with Crippen LogP contribution in [0.3, 0.4) is 0 Å². The Morgan fingerprint density at radius 2 is 2.05 bits per heavy atom. The summed E-state index contributed by atoms with van der Waals surface area (Å²) in [4.78, 5) is 17.2. The van der Waals surface area contributed by atoms with Crippen molar-refractivity contribution in [2.24, 2.45) is 5.41 Å². The molecule has 0 atom stereocenters. The lowest BCUT2D eigenvalue weighted by Crippen LogP contribution is -2.42. The van der Waals surface area contributed by atoms with Crippen LogP contribution in [-0.4, -0.2) is 23.9 Å². The number of piperidine rings is 1. The van der Waals surface area contributed by atoms with E-state index in [-0.39, 0.29) is 5.41 Å². The highest BCUT2D eigenvalue weighted by molar-refractivity contribution is 5.86. The van der Waals surface area contributed by atoms with Gasteiger partial charge in [-0.25, -0.2) is 0 Å². The third-order valence-electron chi connectivity index (χ3n) is 4.52. The van der Waals surface area contributed by atoms with E-state index in [2.05, 4.69) is 30.2 Å². The molecule has 0 saturated carbocycles. The molecule has 20 heavy (non-hydrogen) atoms. The molecule has 0 radical (unpaired) electrons. The first kappa shape index (κ1) is 15.2. The molecule has 0 amide bonds. The molecular weight excluding hydrogens is 248 g/mol. The molecule has 2 rings (SSSR count). The number of nitrogens with one attached hydrogen (secondary N) is 1. The number of aromatic nitrogens is 1. The number of hydrogen-bond donors (Lipinski definition) is 1. The Bertz CT molecular complexity index is 427. The second-order valence-corrected chi connectivity index (χ2v) is 5.89. The normalized spacial score (nSPS) is 17.9. The SMILES string of the molecule is CCCC1(C(=O)Cc2ccc(CC)cn2)CCNCC1. The van der Waals surface area contributed by atoms with Crippen molar-refractivity contribution in [1.29, 1.82) is 0 Å². The lowest BCUT2D eigenvalue weighted by Gasteiger charge is -2.36. The number of carbonyl (C=O) groups excluding carboxylic acids is 1. The fraction of sp³-hybridized carbons (Fsp3) is 0.647. The van der Waals surface area contributed by atoms with Crippen molar-refractivity contribution >= 4 is 5.78 Å². The molecule has 3 nitrogen and oxygen atoms in total. The minimum Gasteiger partial charge on any atom is -0.317 e. The molecule has 1 aliphatic heterocycles. The van der Waals surface area contributed by atoms with Crippen LogP contribution in [-0.2, 0) is 17.6 Å². The lowest BCUT2D eigenvalue weighted by atomic mass is 9.71. The Balaban J connectivity index is 2.07. The predicted molar refractivity (Wildman–Crippen MR) is 81.8 cm³/mol. The van der Waals surface area contributed by atoms with E-state index in [1.165, 1.54) is 5.56 Å². The van der Waals surface area contributed by atoms with Crippen molar-refractivity contribution < 1.29 is 4.79 Å². The summed E-state index contributed by atoms with van der Waals surface area (Å²) in [5, 5.41) is 3.36. The van der Waals surface area contributed by atoms with Crippen molar-refractivity contribution in [3.05, 3.63) is 29.6 Å². The fourth-order valence-electron chi connectivity index (χ4n) is 3.17. The molecule has 1 saturated heterocycles. The van der Waals surface area contributed by atoms with E-state index >= 15 is 0 Å². The van der Waals surface area contributed by atoms with Gasteiger partial charge in [0.1, 0.15) is 5.78 Å². The van der Waals surface area contributed by atoms with Crippen LogP contribution in [0.2, 0.25) is 0 Å². The maximum Gasteiger partial charge on any atom is 0.145 e. The van der Waals surface area contributed by atoms with Gasteiger partial charge in [0.15, 0.2) is 0 Å². The number of nitrogens with zero attached hydrogens (tertiary/aromatic N) is 1. The molecular formula is C17H26N2O. The molecule has 0 aromatic carbocycles. The summed E-state index contributed by atoms with van der Waals surface area (Å²) in [6.45, 7) is 6.22. The van der Waals surface area contributed by atoms with E-state index < -0.39 is 0 Å². The van der Waals surface area contributed by atoms with Crippen molar-refractivity contribution in [2.45, 2.75) is 52.4 Å². The van der Waals surface area contributed by atoms with E-state index in [0.29, 0.717) is 12.2 Å². The van der Waals surface area contributed by atoms with Crippen LogP contribution in [0.1, 0.15) is 50.8 Å². The molecule has 1 aromatic heterocycles. The van der Waals surface area contributed by atoms with Gasteiger partial charge in [-0.1, -0.05) is 26.3 Å². The van der Waals surface area contributed by atoms with Gasteiger partial charge in [0.2, 0.25) is 0 Å². The van der Waals surface area contributed by atoms with Gasteiger partial charge < -0.3 is 5.32 Å². The lowest BCUT2D eigenvalue weighted by molar-refractivity contribution is -0.130. The van der Waals surface area contributed by atoms with Gasteiger partial charge in [-0.05, 0) is 50.4 Å². The summed E-state index contributed by atoms with van der Waals surface area (Å²) in [6.07, 6.45) is 7.43. The second-order valence-electron chi connectivity index (χ2n) is 5.89. The van der Waals surface area contributed by atoms with E-state index in [9.17, 15) is 4.79 Å². The molecule has 110 valence electrons. The summed E-state index contributed by atoms with van der Waals surface area (Å²) < 4.78 is 0. The Hall–Kier alpha value is -1.22. The molecule has 0 bridgehead atoms. The minimum absolute atomic E-state index is 0.106. The number of rotatable bonds is 6. The highest BCUT2D eigenvalue weighted by Gasteiger charge is 2.37. The molecule has 1 aromatic rings. The molecule has 0 unspecified atom stereocenters. The monoisotopic (exact) mass is 274 g/mol. The van der Waals surface area contributed by atoms with Crippen LogP contribution in [0.5, 0.6) is 0 Å². The number of Topliss-reactive ketones (excluding diaryl/α,β-unsaturated/α-hetero) is 1. The number of pyridine rings is 1. The topological polar surface area (TPSA) is 42.0 Å². The van der Waals surface area contributed by atoms with Gasteiger partial charge in [-0.15, -0.1) is 0 Å². The molecule has 2 heterocycles. The quantitative estimate of drug-likeness (QED) is 0.867. The Morgan fingerprint density at radius 1 is 1.30 bits per heavy atom. The zero-order valence-corrected chi connectivity index (χ0v) is 12.7. The predicted octanol–water partition coefficient (Wildman–Crippen LogP) is 2.93. The average molecular weight is 274 g/mol. The van der Waals surface area contributed by atoms with Crippen LogP contribution in [0, 0.1) is 5.41 Å². The van der Waals surface area contributed by atoms with Crippen LogP contribution >= 0.6 is 0 Å². The van der Waals surface area contributed by atoms with Crippen molar-refractivity contribution in [3.63, 3.8) is 0 Å². The summed E-state index contributed by atoms with van der Waals surface area (Å²) in [5.41, 5.74) is 2.04. The van der Waals surface area contributed by atoms with Crippen molar-refractivity contribution in [3.8, 4) is 0 Å². The first-order chi connectivity index (χ1) is 9.70. The highest BCUT2D eigenvalue weighted by atomic mass is 16.1. The molecule has 0 aliphatic carbocycles. The smallest absolute Gasteiger partial charge is 0.145 e. The van der Waals surface area contributed by atoms with Gasteiger partial charge in [-0.3, -0.25) is 9.78 Å². The Morgan fingerprint density at radius 3 is 2.60 bits per heavy atom. The van der Waals surface area contributed by atoms with Crippen molar-refractivity contribution in [2.75, 3.05) is 13.1 Å². The standard InChI is InChI=1S/C17H26N2O/c1-3-7-17(8-10-18-11-9-17)16(20)12-15-6-5-14(4-2)13-19-15/h5-6,13,18H,3-4,7-12H2,1-2H3. The second kappa shape index (κ2) is 6.98. The Labute approximate surface area is 122 Å². The van der Waals surface area contributed by atoms with E-state index in [0.717, 1.165) is 50.9 Å². The zero-order chi connectivity index (χ0) is 14.4. The summed E-state index contributed by atoms with van der Waals surface area (Å²) in [7, 11) is 0. The molecule has 3 heteroatoms. The Kier molecular flexibility index (Phi) is 5.30. The van der Waals surface area contributed by atoms with Crippen molar-refractivity contribution in [1.82, 2.24) is 10.3 Å². The van der Waals surface area contributed by atoms with Crippen LogP contribution in [0.25, 0.3) is 0 Å². The van der Waals surface area contributed by atoms with Crippen LogP contribution in [0.15, 0.2) is 18.3 Å². The van der Waals surface area contributed by atoms with E-state index in [1.54, 1.807) is 0 Å². The number of hydrogen-bond acceptors (Lipinski definition) is 3. The molecule has 1 fully saturated rings. The maximum atomic E-state index is 12.8. The van der Waals surface area contributed by atoms with E-state index in [4.69, 9.17) is 0 Å². The highest BCUT2D eigenvalue weighted by Crippen LogP contribution is 2.35. The van der Waals surface area contributed by atoms with Gasteiger partial charge in [0.25, 0.3) is 0 Å². The van der Waals surface area contributed by atoms with E-state index in [1.807, 2.05) is 12.3 Å². The molecule has 1 aliphatic rings. The number of aryl methyl sites for hydroxylation is 1. The van der Waals surface area contributed by atoms with Gasteiger partial charge in [-0.2, -0.15) is 0 Å².